The van der Waals surface area contributed by atoms with Gasteiger partial charge in [-0.15, -0.1) is 0 Å². The van der Waals surface area contributed by atoms with E-state index in [0.717, 1.165) is 5.01 Å². The second-order valence-electron chi connectivity index (χ2n) is 3.85. The zero-order valence-corrected chi connectivity index (χ0v) is 9.62. The largest absolute Gasteiger partial charge is 0.451 e. The summed E-state index contributed by atoms with van der Waals surface area (Å²) in [5, 5.41) is 15.5. The molecule has 1 aliphatic heterocycles. The first-order valence-electron chi connectivity index (χ1n) is 5.13. The average Bonchev–Trinajstić information content (AvgIpc) is 2.66. The molecular weight excluding hydrogens is 222 g/mol. The molecule has 0 aliphatic carbocycles. The van der Waals surface area contributed by atoms with Gasteiger partial charge in [0.15, 0.2) is 5.72 Å². The fourth-order valence-electron chi connectivity index (χ4n) is 1.82. The molecule has 0 saturated carbocycles. The molecule has 1 N–H and O–H groups in total. The van der Waals surface area contributed by atoms with E-state index < -0.39 is 11.8 Å². The molecule has 1 aromatic heterocycles. The van der Waals surface area contributed by atoms with Crippen LogP contribution in [0.3, 0.4) is 0 Å². The number of ether oxygens (including phenoxy) is 1. The van der Waals surface area contributed by atoms with Crippen molar-refractivity contribution >= 4 is 11.8 Å². The summed E-state index contributed by atoms with van der Waals surface area (Å²) >= 11 is 0. The molecule has 2 heterocycles. The molecule has 6 heteroatoms. The van der Waals surface area contributed by atoms with E-state index in [1.165, 1.54) is 13.3 Å². The van der Waals surface area contributed by atoms with Gasteiger partial charge < -0.3 is 9.84 Å². The molecule has 0 spiro atoms. The van der Waals surface area contributed by atoms with Gasteiger partial charge in [-0.3, -0.25) is 4.98 Å². The van der Waals surface area contributed by atoms with Crippen molar-refractivity contribution < 1.29 is 14.6 Å². The lowest BCUT2D eigenvalue weighted by Crippen LogP contribution is -2.43. The summed E-state index contributed by atoms with van der Waals surface area (Å²) in [6.45, 7) is 1.74. The molecule has 1 aliphatic rings. The summed E-state index contributed by atoms with van der Waals surface area (Å²) in [7, 11) is 1.25. The predicted octanol–water partition coefficient (Wildman–Crippen LogP) is 1.07. The second kappa shape index (κ2) is 4.14. The van der Waals surface area contributed by atoms with Crippen molar-refractivity contribution in [2.24, 2.45) is 5.10 Å². The van der Waals surface area contributed by atoms with Crippen molar-refractivity contribution in [1.29, 1.82) is 0 Å². The van der Waals surface area contributed by atoms with Gasteiger partial charge in [-0.25, -0.2) is 4.79 Å². The van der Waals surface area contributed by atoms with E-state index in [2.05, 4.69) is 14.8 Å². The Bertz CT molecular complexity index is 460. The third-order valence-corrected chi connectivity index (χ3v) is 2.59. The van der Waals surface area contributed by atoms with Crippen LogP contribution in [0.1, 0.15) is 18.9 Å². The Labute approximate surface area is 98.5 Å². The van der Waals surface area contributed by atoms with Crippen molar-refractivity contribution in [1.82, 2.24) is 9.99 Å². The van der Waals surface area contributed by atoms with Gasteiger partial charge in [-0.1, -0.05) is 6.07 Å². The van der Waals surface area contributed by atoms with E-state index in [0.29, 0.717) is 11.3 Å². The average molecular weight is 235 g/mol. The van der Waals surface area contributed by atoms with Crippen LogP contribution in [-0.2, 0) is 10.5 Å². The maximum atomic E-state index is 11.6. The van der Waals surface area contributed by atoms with Crippen molar-refractivity contribution in [2.75, 3.05) is 7.11 Å². The molecule has 6 nitrogen and oxygen atoms in total. The lowest BCUT2D eigenvalue weighted by Gasteiger charge is -2.29. The number of methoxy groups -OCH3 is 1. The predicted molar refractivity (Wildman–Crippen MR) is 60.1 cm³/mol. The first-order chi connectivity index (χ1) is 8.08. The molecule has 0 bridgehead atoms. The van der Waals surface area contributed by atoms with Crippen LogP contribution in [0.2, 0.25) is 0 Å². The van der Waals surface area contributed by atoms with Crippen LogP contribution in [0.15, 0.2) is 29.6 Å². The van der Waals surface area contributed by atoms with E-state index in [4.69, 9.17) is 0 Å². The number of aromatic nitrogens is 1. The first kappa shape index (κ1) is 11.5. The van der Waals surface area contributed by atoms with E-state index in [9.17, 15) is 9.90 Å². The van der Waals surface area contributed by atoms with Gasteiger partial charge in [0.25, 0.3) is 0 Å². The van der Waals surface area contributed by atoms with Gasteiger partial charge in [-0.05, 0) is 13.0 Å². The minimum Gasteiger partial charge on any atom is -0.451 e. The van der Waals surface area contributed by atoms with Crippen LogP contribution in [0.4, 0.5) is 4.79 Å². The number of pyridine rings is 1. The Kier molecular flexibility index (Phi) is 2.81. The number of nitrogens with zero attached hydrogens (tertiary/aromatic N) is 3. The number of amides is 1. The quantitative estimate of drug-likeness (QED) is 0.790. The highest BCUT2D eigenvalue weighted by molar-refractivity contribution is 5.87. The van der Waals surface area contributed by atoms with Crippen molar-refractivity contribution in [3.8, 4) is 0 Å². The highest BCUT2D eigenvalue weighted by Gasteiger charge is 2.45. The molecule has 1 amide bonds. The number of carbonyl (C=O) groups is 1. The van der Waals surface area contributed by atoms with Crippen molar-refractivity contribution in [3.63, 3.8) is 0 Å². The van der Waals surface area contributed by atoms with Crippen molar-refractivity contribution in [3.05, 3.63) is 30.1 Å². The van der Waals surface area contributed by atoms with Gasteiger partial charge in [0.2, 0.25) is 0 Å². The Morgan fingerprint density at radius 1 is 1.65 bits per heavy atom. The molecule has 90 valence electrons. The number of rotatable bonds is 1. The molecule has 0 aromatic carbocycles. The van der Waals surface area contributed by atoms with Gasteiger partial charge in [-0.2, -0.15) is 10.1 Å². The summed E-state index contributed by atoms with van der Waals surface area (Å²) < 4.78 is 4.60. The smallest absolute Gasteiger partial charge is 0.433 e. The van der Waals surface area contributed by atoms with Crippen LogP contribution in [0.25, 0.3) is 0 Å². The zero-order chi connectivity index (χ0) is 12.5. The third kappa shape index (κ3) is 1.87. The van der Waals surface area contributed by atoms with Crippen LogP contribution in [0, 0.1) is 0 Å². The van der Waals surface area contributed by atoms with E-state index in [1.807, 2.05) is 0 Å². The van der Waals surface area contributed by atoms with E-state index in [1.54, 1.807) is 25.3 Å². The molecule has 2 rings (SSSR count). The maximum Gasteiger partial charge on any atom is 0.433 e. The highest BCUT2D eigenvalue weighted by atomic mass is 16.6. The molecule has 1 aromatic rings. The molecule has 0 fully saturated rings. The molecule has 0 radical (unpaired) electrons. The Hall–Kier alpha value is -1.95. The summed E-state index contributed by atoms with van der Waals surface area (Å²) in [5.41, 5.74) is -0.349. The standard InChI is InChI=1S/C11H13N3O3/c1-8-6-11(16,9-4-3-5-12-7-9)14(13-8)10(15)17-2/h3-5,7,16H,6H2,1-2H3. The zero-order valence-electron chi connectivity index (χ0n) is 9.62. The number of hydrogen-bond donors (Lipinski definition) is 1. The lowest BCUT2D eigenvalue weighted by molar-refractivity contribution is -0.0836. The monoisotopic (exact) mass is 235 g/mol. The van der Waals surface area contributed by atoms with E-state index in [-0.39, 0.29) is 6.42 Å². The fourth-order valence-corrected chi connectivity index (χ4v) is 1.82. The summed E-state index contributed by atoms with van der Waals surface area (Å²) in [5.74, 6) is 0. The summed E-state index contributed by atoms with van der Waals surface area (Å²) in [6.07, 6.45) is 2.64. The fraction of sp³-hybridized carbons (Fsp3) is 0.364. The Morgan fingerprint density at radius 3 is 3.00 bits per heavy atom. The minimum atomic E-state index is -1.51. The number of aliphatic hydroxyl groups is 1. The van der Waals surface area contributed by atoms with Gasteiger partial charge >= 0.3 is 6.09 Å². The Morgan fingerprint density at radius 2 is 2.41 bits per heavy atom. The van der Waals surface area contributed by atoms with Crippen LogP contribution >= 0.6 is 0 Å². The number of hydrogen-bond acceptors (Lipinski definition) is 5. The Balaban J connectivity index is 2.40. The second-order valence-corrected chi connectivity index (χ2v) is 3.85. The molecule has 1 atom stereocenters. The van der Waals surface area contributed by atoms with Gasteiger partial charge in [0.1, 0.15) is 0 Å². The normalized spacial score (nSPS) is 23.5. The summed E-state index contributed by atoms with van der Waals surface area (Å²) in [6, 6.07) is 3.38. The number of hydrazone groups is 1. The van der Waals surface area contributed by atoms with Crippen LogP contribution in [-0.4, -0.2) is 34.0 Å². The topological polar surface area (TPSA) is 75.0 Å². The van der Waals surface area contributed by atoms with E-state index >= 15 is 0 Å². The SMILES string of the molecule is COC(=O)N1N=C(C)CC1(O)c1cccnc1. The third-order valence-electron chi connectivity index (χ3n) is 2.59. The minimum absolute atomic E-state index is 0.244. The molecule has 17 heavy (non-hydrogen) atoms. The van der Waals surface area contributed by atoms with Gasteiger partial charge in [0, 0.05) is 30.1 Å². The summed E-state index contributed by atoms with van der Waals surface area (Å²) in [4.78, 5) is 15.5. The molecule has 0 saturated heterocycles. The maximum absolute atomic E-state index is 11.6. The van der Waals surface area contributed by atoms with Gasteiger partial charge in [0.05, 0.1) is 7.11 Å². The molecular formula is C11H13N3O3. The van der Waals surface area contributed by atoms with Crippen LogP contribution in [0.5, 0.6) is 0 Å². The lowest BCUT2D eigenvalue weighted by atomic mass is 10.00. The van der Waals surface area contributed by atoms with Crippen LogP contribution < -0.4 is 0 Å². The highest BCUT2D eigenvalue weighted by Crippen LogP contribution is 2.34. The first-order valence-corrected chi connectivity index (χ1v) is 5.13. The molecule has 1 unspecified atom stereocenters. The number of carbonyl (C=O) groups excluding carboxylic acids is 1. The van der Waals surface area contributed by atoms with Crippen molar-refractivity contribution in [2.45, 2.75) is 19.1 Å².